The second-order valence-electron chi connectivity index (χ2n) is 5.43. The number of hydrogen-bond donors (Lipinski definition) is 2. The van der Waals surface area contributed by atoms with Crippen molar-refractivity contribution in [3.8, 4) is 0 Å². The van der Waals surface area contributed by atoms with Crippen LogP contribution in [0.4, 0.5) is 9.18 Å². The van der Waals surface area contributed by atoms with Crippen LogP contribution in [0.5, 0.6) is 0 Å². The lowest BCUT2D eigenvalue weighted by atomic mass is 9.87. The van der Waals surface area contributed by atoms with Crippen LogP contribution in [-0.4, -0.2) is 49.7 Å². The van der Waals surface area contributed by atoms with Crippen LogP contribution in [0.3, 0.4) is 0 Å². The summed E-state index contributed by atoms with van der Waals surface area (Å²) in [5, 5.41) is 5.41. The minimum atomic E-state index is -0.853. The van der Waals surface area contributed by atoms with Crippen LogP contribution in [0.2, 0.25) is 0 Å². The van der Waals surface area contributed by atoms with Gasteiger partial charge in [-0.05, 0) is 6.07 Å². The zero-order valence-corrected chi connectivity index (χ0v) is 11.6. The van der Waals surface area contributed by atoms with Gasteiger partial charge >= 0.3 is 6.03 Å². The maximum atomic E-state index is 14.0. The van der Waals surface area contributed by atoms with Gasteiger partial charge in [0.25, 0.3) is 0 Å². The minimum absolute atomic E-state index is 0.218. The van der Waals surface area contributed by atoms with E-state index < -0.39 is 11.6 Å². The van der Waals surface area contributed by atoms with E-state index in [9.17, 15) is 14.0 Å². The molecule has 6 nitrogen and oxygen atoms in total. The van der Waals surface area contributed by atoms with Crippen molar-refractivity contribution in [1.29, 1.82) is 0 Å². The number of amides is 3. The van der Waals surface area contributed by atoms with Gasteiger partial charge < -0.3 is 20.3 Å². The van der Waals surface area contributed by atoms with E-state index in [1.807, 2.05) is 0 Å². The van der Waals surface area contributed by atoms with Gasteiger partial charge in [0.2, 0.25) is 5.91 Å². The summed E-state index contributed by atoms with van der Waals surface area (Å²) in [4.78, 5) is 25.1. The Labute approximate surface area is 121 Å². The molecule has 2 saturated heterocycles. The molecule has 3 amide bonds. The molecule has 0 bridgehead atoms. The number of rotatable bonds is 3. The summed E-state index contributed by atoms with van der Waals surface area (Å²) in [5.41, 5.74) is -0.448. The number of likely N-dealkylation sites (N-methyl/N-ethyl adjacent to an activating group) is 1. The molecule has 1 unspecified atom stereocenters. The van der Waals surface area contributed by atoms with Gasteiger partial charge in [-0.25, -0.2) is 9.18 Å². The topological polar surface area (TPSA) is 70.7 Å². The van der Waals surface area contributed by atoms with E-state index in [0.29, 0.717) is 12.1 Å². The predicted octanol–water partition coefficient (Wildman–Crippen LogP) is 0.191. The first-order chi connectivity index (χ1) is 10.0. The first-order valence-electron chi connectivity index (χ1n) is 6.68. The van der Waals surface area contributed by atoms with E-state index in [-0.39, 0.29) is 31.0 Å². The molecule has 0 spiro atoms. The Kier molecular flexibility index (Phi) is 3.29. The third-order valence-electron chi connectivity index (χ3n) is 3.87. The molecule has 1 aromatic rings. The van der Waals surface area contributed by atoms with Gasteiger partial charge in [-0.2, -0.15) is 0 Å². The molecule has 7 heteroatoms. The number of benzene rings is 1. The first kappa shape index (κ1) is 13.8. The Morgan fingerprint density at radius 1 is 1.48 bits per heavy atom. The van der Waals surface area contributed by atoms with Crippen molar-refractivity contribution in [3.63, 3.8) is 0 Å². The van der Waals surface area contributed by atoms with Crippen molar-refractivity contribution < 1.29 is 18.7 Å². The van der Waals surface area contributed by atoms with E-state index >= 15 is 0 Å². The summed E-state index contributed by atoms with van der Waals surface area (Å²) in [7, 11) is 1.61. The Hall–Kier alpha value is -2.15. The molecule has 2 N–H and O–H groups in total. The summed E-state index contributed by atoms with van der Waals surface area (Å²) in [5.74, 6) is -0.715. The number of carbonyl (C=O) groups excluding carboxylic acids is 2. The largest absolute Gasteiger partial charge is 0.376 e. The number of ether oxygens (including phenoxy) is 1. The first-order valence-corrected chi connectivity index (χ1v) is 6.68. The predicted molar refractivity (Wildman–Crippen MR) is 72.0 cm³/mol. The molecule has 112 valence electrons. The third kappa shape index (κ3) is 2.33. The molecule has 2 heterocycles. The Morgan fingerprint density at radius 2 is 2.19 bits per heavy atom. The lowest BCUT2D eigenvalue weighted by Gasteiger charge is -2.43. The number of nitrogens with one attached hydrogen (secondary N) is 2. The van der Waals surface area contributed by atoms with E-state index in [1.165, 1.54) is 11.0 Å². The lowest BCUT2D eigenvalue weighted by Crippen LogP contribution is -2.62. The molecule has 0 saturated carbocycles. The number of halogens is 1. The van der Waals surface area contributed by atoms with E-state index in [1.54, 1.807) is 25.2 Å². The zero-order valence-electron chi connectivity index (χ0n) is 11.6. The van der Waals surface area contributed by atoms with Crippen molar-refractivity contribution in [2.75, 3.05) is 26.8 Å². The monoisotopic (exact) mass is 293 g/mol. The summed E-state index contributed by atoms with van der Waals surface area (Å²) < 4.78 is 19.1. The number of urea groups is 1. The smallest absolute Gasteiger partial charge is 0.317 e. The molecule has 2 aliphatic heterocycles. The Morgan fingerprint density at radius 3 is 2.71 bits per heavy atom. The second kappa shape index (κ2) is 5.00. The molecule has 0 radical (unpaired) electrons. The lowest BCUT2D eigenvalue weighted by molar-refractivity contribution is -0.135. The van der Waals surface area contributed by atoms with Crippen molar-refractivity contribution >= 4 is 11.9 Å². The summed E-state index contributed by atoms with van der Waals surface area (Å²) in [6, 6.07) is 5.38. The summed E-state index contributed by atoms with van der Waals surface area (Å²) in [6.45, 7) is 0.727. The fourth-order valence-electron chi connectivity index (χ4n) is 2.58. The fourth-order valence-corrected chi connectivity index (χ4v) is 2.58. The van der Waals surface area contributed by atoms with Gasteiger partial charge in [-0.15, -0.1) is 0 Å². The standard InChI is InChI=1S/C14H16FN3O3/c1-18-6-11(16-13(18)20)12(19)17-14(7-21-8-14)9-4-2-3-5-10(9)15/h2-5,11H,6-8H2,1H3,(H,16,20)(H,17,19). The molecule has 1 aromatic carbocycles. The molecule has 2 aliphatic rings. The average Bonchev–Trinajstić information content (AvgIpc) is 2.75. The third-order valence-corrected chi connectivity index (χ3v) is 3.87. The minimum Gasteiger partial charge on any atom is -0.376 e. The Bertz CT molecular complexity index is 589. The Balaban J connectivity index is 1.78. The molecule has 21 heavy (non-hydrogen) atoms. The van der Waals surface area contributed by atoms with Crippen LogP contribution in [0.15, 0.2) is 24.3 Å². The van der Waals surface area contributed by atoms with Gasteiger partial charge in [0.15, 0.2) is 0 Å². The second-order valence-corrected chi connectivity index (χ2v) is 5.43. The summed E-state index contributed by atoms with van der Waals surface area (Å²) in [6.07, 6.45) is 0. The van der Waals surface area contributed by atoms with Gasteiger partial charge in [0, 0.05) is 12.6 Å². The van der Waals surface area contributed by atoms with E-state index in [0.717, 1.165) is 0 Å². The summed E-state index contributed by atoms with van der Waals surface area (Å²) >= 11 is 0. The highest BCUT2D eigenvalue weighted by Gasteiger charge is 2.45. The van der Waals surface area contributed by atoms with Gasteiger partial charge in [0.1, 0.15) is 17.4 Å². The van der Waals surface area contributed by atoms with Gasteiger partial charge in [0.05, 0.1) is 19.8 Å². The highest BCUT2D eigenvalue weighted by atomic mass is 19.1. The highest BCUT2D eigenvalue weighted by molar-refractivity contribution is 5.90. The quantitative estimate of drug-likeness (QED) is 0.836. The maximum Gasteiger partial charge on any atom is 0.317 e. The van der Waals surface area contributed by atoms with Crippen molar-refractivity contribution in [2.45, 2.75) is 11.6 Å². The van der Waals surface area contributed by atoms with Crippen LogP contribution in [0.25, 0.3) is 0 Å². The normalized spacial score (nSPS) is 23.4. The van der Waals surface area contributed by atoms with Gasteiger partial charge in [-0.3, -0.25) is 4.79 Å². The molecule has 0 aromatic heterocycles. The van der Waals surface area contributed by atoms with E-state index in [4.69, 9.17) is 4.74 Å². The molecule has 0 aliphatic carbocycles. The van der Waals surface area contributed by atoms with Gasteiger partial charge in [-0.1, -0.05) is 18.2 Å². The molecule has 3 rings (SSSR count). The molecule has 2 fully saturated rings. The fraction of sp³-hybridized carbons (Fsp3) is 0.429. The van der Waals surface area contributed by atoms with Crippen LogP contribution < -0.4 is 10.6 Å². The maximum absolute atomic E-state index is 14.0. The van der Waals surface area contributed by atoms with Crippen molar-refractivity contribution in [1.82, 2.24) is 15.5 Å². The molecular formula is C14H16FN3O3. The number of hydrogen-bond acceptors (Lipinski definition) is 3. The number of carbonyl (C=O) groups is 2. The highest BCUT2D eigenvalue weighted by Crippen LogP contribution is 2.31. The van der Waals surface area contributed by atoms with E-state index in [2.05, 4.69) is 10.6 Å². The molecular weight excluding hydrogens is 277 g/mol. The van der Waals surface area contributed by atoms with Crippen LogP contribution in [0.1, 0.15) is 5.56 Å². The number of nitrogens with zero attached hydrogens (tertiary/aromatic N) is 1. The van der Waals surface area contributed by atoms with Crippen LogP contribution in [-0.2, 0) is 15.1 Å². The average molecular weight is 293 g/mol. The zero-order chi connectivity index (χ0) is 15.0. The van der Waals surface area contributed by atoms with Crippen molar-refractivity contribution in [3.05, 3.63) is 35.6 Å². The van der Waals surface area contributed by atoms with Crippen molar-refractivity contribution in [2.24, 2.45) is 0 Å². The van der Waals surface area contributed by atoms with Crippen LogP contribution >= 0.6 is 0 Å². The molecule has 1 atom stereocenters. The van der Waals surface area contributed by atoms with Crippen LogP contribution in [0, 0.1) is 5.82 Å². The SMILES string of the molecule is CN1CC(C(=O)NC2(c3ccccc3F)COC2)NC1=O.